The van der Waals surface area contributed by atoms with Crippen LogP contribution < -0.4 is 0 Å². The Morgan fingerprint density at radius 3 is 2.56 bits per heavy atom. The summed E-state index contributed by atoms with van der Waals surface area (Å²) in [5, 5.41) is 1.55. The van der Waals surface area contributed by atoms with Crippen molar-refractivity contribution in [3.63, 3.8) is 0 Å². The van der Waals surface area contributed by atoms with E-state index in [0.29, 0.717) is 0 Å². The Bertz CT molecular complexity index is 54.9. The van der Waals surface area contributed by atoms with Crippen LogP contribution in [0.1, 0.15) is 20.3 Å². The molecule has 0 aliphatic rings. The molecule has 0 atom stereocenters. The van der Waals surface area contributed by atoms with Crippen molar-refractivity contribution >= 4 is 23.5 Å². The molecule has 0 aromatic heterocycles. The zero-order chi connectivity index (χ0) is 7.11. The van der Waals surface area contributed by atoms with E-state index in [2.05, 4.69) is 20.1 Å². The van der Waals surface area contributed by atoms with Crippen LogP contribution in [0.25, 0.3) is 0 Å². The van der Waals surface area contributed by atoms with E-state index >= 15 is 0 Å². The van der Waals surface area contributed by atoms with Crippen LogP contribution in [-0.2, 0) is 0 Å². The minimum Gasteiger partial charge on any atom is -0.162 e. The third-order valence-corrected chi connectivity index (χ3v) is 2.95. The quantitative estimate of drug-likeness (QED) is 0.571. The summed E-state index contributed by atoms with van der Waals surface area (Å²) in [6.45, 7) is 4.42. The molecule has 0 bridgehead atoms. The maximum atomic E-state index is 2.21. The van der Waals surface area contributed by atoms with Crippen LogP contribution in [0.5, 0.6) is 0 Å². The fraction of sp³-hybridized carbons (Fsp3) is 0.857. The van der Waals surface area contributed by atoms with Gasteiger partial charge in [-0.05, 0) is 31.1 Å². The highest BCUT2D eigenvalue weighted by Gasteiger charge is 1.97. The molecule has 0 saturated carbocycles. The Labute approximate surface area is 67.2 Å². The predicted molar refractivity (Wildman–Crippen MR) is 50.0 cm³/mol. The molecule has 0 heterocycles. The van der Waals surface area contributed by atoms with E-state index in [1.165, 1.54) is 17.9 Å². The van der Waals surface area contributed by atoms with Gasteiger partial charge >= 0.3 is 0 Å². The molecule has 0 aliphatic heterocycles. The van der Waals surface area contributed by atoms with Crippen molar-refractivity contribution in [2.24, 2.45) is 0 Å². The highest BCUT2D eigenvalue weighted by molar-refractivity contribution is 8.01. The summed E-state index contributed by atoms with van der Waals surface area (Å²) >= 11 is 3.90. The zero-order valence-electron chi connectivity index (χ0n) is 6.44. The molecule has 0 aromatic carbocycles. The Balaban J connectivity index is 2.88. The Hall–Kier alpha value is 0.700. The molecule has 55 valence electrons. The van der Waals surface area contributed by atoms with Gasteiger partial charge in [0.2, 0.25) is 0 Å². The molecule has 0 aromatic rings. The van der Waals surface area contributed by atoms with Gasteiger partial charge in [0, 0.05) is 5.25 Å². The molecular formula is C7H15S2. The topological polar surface area (TPSA) is 0 Å². The molecule has 0 rings (SSSR count). The van der Waals surface area contributed by atoms with E-state index < -0.39 is 0 Å². The molecule has 9 heavy (non-hydrogen) atoms. The lowest BCUT2D eigenvalue weighted by Crippen LogP contribution is -1.87. The molecule has 0 N–H and O–H groups in total. The van der Waals surface area contributed by atoms with Gasteiger partial charge in [0.1, 0.15) is 0 Å². The van der Waals surface area contributed by atoms with Crippen molar-refractivity contribution in [1.82, 2.24) is 0 Å². The van der Waals surface area contributed by atoms with E-state index in [-0.39, 0.29) is 0 Å². The molecule has 2 heteroatoms. The maximum absolute atomic E-state index is 2.21. The van der Waals surface area contributed by atoms with Gasteiger partial charge < -0.3 is 0 Å². The normalized spacial score (nSPS) is 10.7. The first-order valence-corrected chi connectivity index (χ1v) is 5.63. The third-order valence-electron chi connectivity index (χ3n) is 1.15. The number of hydrogen-bond acceptors (Lipinski definition) is 2. The summed E-state index contributed by atoms with van der Waals surface area (Å²) in [5.74, 6) is 2.55. The fourth-order valence-electron chi connectivity index (χ4n) is 0.462. The van der Waals surface area contributed by atoms with Crippen LogP contribution in [0.2, 0.25) is 0 Å². The van der Waals surface area contributed by atoms with Gasteiger partial charge in [-0.15, -0.1) is 0 Å². The summed E-state index contributed by atoms with van der Waals surface area (Å²) in [5.41, 5.74) is 0. The van der Waals surface area contributed by atoms with Crippen molar-refractivity contribution in [2.75, 3.05) is 17.8 Å². The second kappa shape index (κ2) is 6.81. The van der Waals surface area contributed by atoms with Gasteiger partial charge in [-0.25, -0.2) is 0 Å². The molecular weight excluding hydrogens is 148 g/mol. The lowest BCUT2D eigenvalue weighted by atomic mass is 10.4. The summed E-state index contributed by atoms with van der Waals surface area (Å²) in [7, 11) is 0. The fourth-order valence-corrected chi connectivity index (χ4v) is 1.64. The van der Waals surface area contributed by atoms with Crippen molar-refractivity contribution in [3.8, 4) is 0 Å². The van der Waals surface area contributed by atoms with Crippen LogP contribution >= 0.6 is 23.5 Å². The van der Waals surface area contributed by atoms with E-state index in [4.69, 9.17) is 0 Å². The van der Waals surface area contributed by atoms with Crippen molar-refractivity contribution < 1.29 is 0 Å². The van der Waals surface area contributed by atoms with Crippen molar-refractivity contribution in [3.05, 3.63) is 5.25 Å². The Kier molecular flexibility index (Phi) is 7.34. The average Bonchev–Trinajstić information content (AvgIpc) is 1.89. The Morgan fingerprint density at radius 2 is 2.11 bits per heavy atom. The zero-order valence-corrected chi connectivity index (χ0v) is 8.07. The van der Waals surface area contributed by atoms with E-state index in [0.717, 1.165) is 0 Å². The lowest BCUT2D eigenvalue weighted by molar-refractivity contribution is 1.07. The highest BCUT2D eigenvalue weighted by Crippen LogP contribution is 2.20. The van der Waals surface area contributed by atoms with Crippen LogP contribution in [-0.4, -0.2) is 17.8 Å². The number of rotatable bonds is 5. The molecule has 0 fully saturated rings. The minimum absolute atomic E-state index is 1.25. The molecule has 0 aliphatic carbocycles. The summed E-state index contributed by atoms with van der Waals surface area (Å²) < 4.78 is 0. The van der Waals surface area contributed by atoms with Crippen molar-refractivity contribution in [2.45, 2.75) is 20.3 Å². The van der Waals surface area contributed by atoms with Gasteiger partial charge in [0.15, 0.2) is 0 Å². The monoisotopic (exact) mass is 163 g/mol. The number of thioether (sulfide) groups is 2. The van der Waals surface area contributed by atoms with E-state index in [9.17, 15) is 0 Å². The van der Waals surface area contributed by atoms with E-state index in [1.54, 1.807) is 5.25 Å². The standard InChI is InChI=1S/C7H15S2/c1-4-9-6-5-7(2)8-3/h4-6H2,1-3H3. The third kappa shape index (κ3) is 6.59. The first-order valence-electron chi connectivity index (χ1n) is 3.25. The molecule has 0 unspecified atom stereocenters. The van der Waals surface area contributed by atoms with Crippen LogP contribution in [0.3, 0.4) is 0 Å². The largest absolute Gasteiger partial charge is 0.162 e. The smallest absolute Gasteiger partial charge is 0.0281 e. The van der Waals surface area contributed by atoms with Gasteiger partial charge in [0.25, 0.3) is 0 Å². The number of hydrogen-bond donors (Lipinski definition) is 0. The van der Waals surface area contributed by atoms with Gasteiger partial charge in [-0.2, -0.15) is 23.5 Å². The first-order chi connectivity index (χ1) is 4.31. The average molecular weight is 163 g/mol. The maximum Gasteiger partial charge on any atom is 0.0281 e. The summed E-state index contributed by atoms with van der Waals surface area (Å²) in [4.78, 5) is 0. The lowest BCUT2D eigenvalue weighted by Gasteiger charge is -2.04. The SMILES string of the molecule is CCSCC[C](C)SC. The predicted octanol–water partition coefficient (Wildman–Crippen LogP) is 3.04. The summed E-state index contributed by atoms with van der Waals surface area (Å²) in [6, 6.07) is 0. The molecule has 0 amide bonds. The molecule has 1 radical (unpaired) electrons. The summed E-state index contributed by atoms with van der Waals surface area (Å²) in [6.07, 6.45) is 3.42. The van der Waals surface area contributed by atoms with Gasteiger partial charge in [0.05, 0.1) is 0 Å². The van der Waals surface area contributed by atoms with Crippen molar-refractivity contribution in [1.29, 1.82) is 0 Å². The van der Waals surface area contributed by atoms with Crippen LogP contribution in [0.15, 0.2) is 0 Å². The molecule has 0 spiro atoms. The second-order valence-corrected chi connectivity index (χ2v) is 4.35. The highest BCUT2D eigenvalue weighted by atomic mass is 32.2. The first kappa shape index (κ1) is 9.70. The van der Waals surface area contributed by atoms with Crippen LogP contribution in [0.4, 0.5) is 0 Å². The van der Waals surface area contributed by atoms with Gasteiger partial charge in [-0.1, -0.05) is 6.92 Å². The second-order valence-electron chi connectivity index (χ2n) is 1.85. The molecule has 0 nitrogen and oxygen atoms in total. The van der Waals surface area contributed by atoms with Gasteiger partial charge in [-0.3, -0.25) is 0 Å². The van der Waals surface area contributed by atoms with Crippen LogP contribution in [0, 0.1) is 5.25 Å². The molecule has 0 saturated heterocycles. The Morgan fingerprint density at radius 1 is 1.44 bits per heavy atom. The van der Waals surface area contributed by atoms with E-state index in [1.807, 2.05) is 23.5 Å². The minimum atomic E-state index is 1.25.